The van der Waals surface area contributed by atoms with Crippen LogP contribution in [0.1, 0.15) is 32.6 Å². The maximum Gasteiger partial charge on any atom is 0.289 e. The number of hydrogen-bond donors (Lipinski definition) is 0. The summed E-state index contributed by atoms with van der Waals surface area (Å²) in [5.41, 5.74) is 0. The first kappa shape index (κ1) is 12.6. The molecule has 0 aromatic rings. The predicted octanol–water partition coefficient (Wildman–Crippen LogP) is 3.40. The maximum absolute atomic E-state index is 12.7. The Bertz CT molecular complexity index is 144. The topological polar surface area (TPSA) is 9.23 Å². The van der Waals surface area contributed by atoms with Crippen LogP contribution >= 0.6 is 0 Å². The zero-order valence-corrected chi connectivity index (χ0v) is 8.35. The summed E-state index contributed by atoms with van der Waals surface area (Å²) in [5.74, 6) is -2.80. The summed E-state index contributed by atoms with van der Waals surface area (Å²) in [7, 11) is 1.28. The van der Waals surface area contributed by atoms with Crippen LogP contribution < -0.4 is 0 Å². The fraction of sp³-hybridized carbons (Fsp3) is 0.800. The Labute approximate surface area is 78.8 Å². The molecule has 78 valence electrons. The highest BCUT2D eigenvalue weighted by molar-refractivity contribution is 4.94. The van der Waals surface area contributed by atoms with Gasteiger partial charge in [0.05, 0.1) is 0 Å². The van der Waals surface area contributed by atoms with Gasteiger partial charge in [0, 0.05) is 7.11 Å². The number of rotatable bonds is 7. The van der Waals surface area contributed by atoms with Crippen LogP contribution in [-0.2, 0) is 4.74 Å². The summed E-state index contributed by atoms with van der Waals surface area (Å²) in [6.45, 7) is 1.56. The van der Waals surface area contributed by atoms with E-state index in [1.807, 2.05) is 0 Å². The van der Waals surface area contributed by atoms with Crippen molar-refractivity contribution in [1.82, 2.24) is 0 Å². The fourth-order valence-corrected chi connectivity index (χ4v) is 1.01. The van der Waals surface area contributed by atoms with Gasteiger partial charge in [0.15, 0.2) is 0 Å². The van der Waals surface area contributed by atoms with Gasteiger partial charge in [0.2, 0.25) is 0 Å². The molecule has 0 aliphatic rings. The predicted molar refractivity (Wildman–Crippen MR) is 50.1 cm³/mol. The fourth-order valence-electron chi connectivity index (χ4n) is 1.01. The molecule has 0 aliphatic carbocycles. The van der Waals surface area contributed by atoms with Gasteiger partial charge in [-0.25, -0.2) is 0 Å². The summed E-state index contributed by atoms with van der Waals surface area (Å²) in [5, 5.41) is 0. The van der Waals surface area contributed by atoms with Crippen LogP contribution in [0, 0.1) is 0 Å². The standard InChI is InChI=1S/C10H18F2O/c1-3-4-5-6-7-8-10(11,12)9-13-2/h7-8H,3-6,9H2,1-2H3/b8-7+. The summed E-state index contributed by atoms with van der Waals surface area (Å²) >= 11 is 0. The quantitative estimate of drug-likeness (QED) is 0.443. The lowest BCUT2D eigenvalue weighted by Crippen LogP contribution is -2.19. The smallest absolute Gasteiger partial charge is 0.289 e. The lowest BCUT2D eigenvalue weighted by atomic mass is 10.2. The first-order valence-electron chi connectivity index (χ1n) is 4.67. The molecule has 13 heavy (non-hydrogen) atoms. The van der Waals surface area contributed by atoms with E-state index in [-0.39, 0.29) is 0 Å². The maximum atomic E-state index is 12.7. The highest BCUT2D eigenvalue weighted by Gasteiger charge is 2.23. The third kappa shape index (κ3) is 7.91. The molecule has 1 nitrogen and oxygen atoms in total. The van der Waals surface area contributed by atoms with Gasteiger partial charge in [-0.05, 0) is 18.9 Å². The Morgan fingerprint density at radius 3 is 2.54 bits per heavy atom. The molecule has 0 aliphatic heterocycles. The van der Waals surface area contributed by atoms with Crippen LogP contribution in [0.2, 0.25) is 0 Å². The summed E-state index contributed by atoms with van der Waals surface area (Å²) in [6.07, 6.45) is 6.40. The average molecular weight is 192 g/mol. The van der Waals surface area contributed by atoms with Crippen LogP contribution in [0.25, 0.3) is 0 Å². The zero-order chi connectivity index (χ0) is 10.2. The van der Waals surface area contributed by atoms with E-state index in [9.17, 15) is 8.78 Å². The van der Waals surface area contributed by atoms with E-state index < -0.39 is 12.5 Å². The van der Waals surface area contributed by atoms with Gasteiger partial charge < -0.3 is 4.74 Å². The second-order valence-electron chi connectivity index (χ2n) is 3.09. The summed E-state index contributed by atoms with van der Waals surface area (Å²) in [4.78, 5) is 0. The molecular weight excluding hydrogens is 174 g/mol. The first-order chi connectivity index (χ1) is 6.12. The molecule has 0 aromatic heterocycles. The van der Waals surface area contributed by atoms with Crippen molar-refractivity contribution in [3.63, 3.8) is 0 Å². The molecule has 0 unspecified atom stereocenters. The molecule has 0 aromatic carbocycles. The van der Waals surface area contributed by atoms with Crippen molar-refractivity contribution < 1.29 is 13.5 Å². The van der Waals surface area contributed by atoms with Crippen LogP contribution in [0.15, 0.2) is 12.2 Å². The van der Waals surface area contributed by atoms with E-state index in [4.69, 9.17) is 0 Å². The zero-order valence-electron chi connectivity index (χ0n) is 8.35. The number of halogens is 2. The van der Waals surface area contributed by atoms with E-state index in [0.29, 0.717) is 0 Å². The normalized spacial score (nSPS) is 12.6. The number of methoxy groups -OCH3 is 1. The minimum atomic E-state index is -2.80. The van der Waals surface area contributed by atoms with E-state index in [1.165, 1.54) is 13.2 Å². The molecule has 0 saturated heterocycles. The molecule has 3 heteroatoms. The van der Waals surface area contributed by atoms with Crippen LogP contribution in [0.3, 0.4) is 0 Å². The van der Waals surface area contributed by atoms with Gasteiger partial charge >= 0.3 is 0 Å². The third-order valence-electron chi connectivity index (χ3n) is 1.67. The van der Waals surface area contributed by atoms with Gasteiger partial charge in [0.25, 0.3) is 5.92 Å². The van der Waals surface area contributed by atoms with Crippen molar-refractivity contribution >= 4 is 0 Å². The van der Waals surface area contributed by atoms with Crippen LogP contribution in [-0.4, -0.2) is 19.6 Å². The SMILES string of the molecule is CCCCC/C=C/C(F)(F)COC. The minimum Gasteiger partial charge on any atom is -0.378 e. The highest BCUT2D eigenvalue weighted by Crippen LogP contribution is 2.15. The molecule has 0 fully saturated rings. The Hall–Kier alpha value is -0.440. The van der Waals surface area contributed by atoms with Crippen molar-refractivity contribution in [3.05, 3.63) is 12.2 Å². The highest BCUT2D eigenvalue weighted by atomic mass is 19.3. The van der Waals surface area contributed by atoms with Gasteiger partial charge in [-0.3, -0.25) is 0 Å². The average Bonchev–Trinajstić information content (AvgIpc) is 2.04. The monoisotopic (exact) mass is 192 g/mol. The Kier molecular flexibility index (Phi) is 6.77. The largest absolute Gasteiger partial charge is 0.378 e. The Balaban J connectivity index is 3.56. The van der Waals surface area contributed by atoms with Crippen molar-refractivity contribution in [3.8, 4) is 0 Å². The lowest BCUT2D eigenvalue weighted by Gasteiger charge is -2.09. The van der Waals surface area contributed by atoms with Crippen molar-refractivity contribution in [1.29, 1.82) is 0 Å². The lowest BCUT2D eigenvalue weighted by molar-refractivity contribution is -0.0233. The van der Waals surface area contributed by atoms with Gasteiger partial charge in [0.1, 0.15) is 6.61 Å². The number of allylic oxidation sites excluding steroid dienone is 1. The van der Waals surface area contributed by atoms with Crippen molar-refractivity contribution in [2.45, 2.75) is 38.5 Å². The molecule has 0 heterocycles. The summed E-state index contributed by atoms with van der Waals surface area (Å²) < 4.78 is 29.8. The molecule has 0 saturated carbocycles. The molecule has 0 N–H and O–H groups in total. The molecule has 0 spiro atoms. The van der Waals surface area contributed by atoms with E-state index in [2.05, 4.69) is 11.7 Å². The number of ether oxygens (including phenoxy) is 1. The third-order valence-corrected chi connectivity index (χ3v) is 1.67. The van der Waals surface area contributed by atoms with E-state index in [0.717, 1.165) is 31.8 Å². The van der Waals surface area contributed by atoms with E-state index >= 15 is 0 Å². The molecule has 0 radical (unpaired) electrons. The second kappa shape index (κ2) is 7.01. The number of alkyl halides is 2. The Morgan fingerprint density at radius 2 is 2.00 bits per heavy atom. The van der Waals surface area contributed by atoms with Gasteiger partial charge in [-0.15, -0.1) is 0 Å². The minimum absolute atomic E-state index is 0.530. The summed E-state index contributed by atoms with van der Waals surface area (Å²) in [6, 6.07) is 0. The molecular formula is C10H18F2O. The van der Waals surface area contributed by atoms with Crippen molar-refractivity contribution in [2.24, 2.45) is 0 Å². The van der Waals surface area contributed by atoms with E-state index in [1.54, 1.807) is 0 Å². The number of hydrogen-bond acceptors (Lipinski definition) is 1. The van der Waals surface area contributed by atoms with Crippen molar-refractivity contribution in [2.75, 3.05) is 13.7 Å². The second-order valence-corrected chi connectivity index (χ2v) is 3.09. The molecule has 0 bridgehead atoms. The first-order valence-corrected chi connectivity index (χ1v) is 4.67. The molecule has 0 atom stereocenters. The van der Waals surface area contributed by atoms with Crippen LogP contribution in [0.5, 0.6) is 0 Å². The Morgan fingerprint density at radius 1 is 1.31 bits per heavy atom. The van der Waals surface area contributed by atoms with Gasteiger partial charge in [-0.2, -0.15) is 8.78 Å². The van der Waals surface area contributed by atoms with Gasteiger partial charge in [-0.1, -0.05) is 25.8 Å². The number of unbranched alkanes of at least 4 members (excludes halogenated alkanes) is 3. The molecule has 0 rings (SSSR count). The van der Waals surface area contributed by atoms with Crippen LogP contribution in [0.4, 0.5) is 8.78 Å². The molecule has 0 amide bonds.